The molecule has 0 aliphatic heterocycles. The van der Waals surface area contributed by atoms with Gasteiger partial charge in [0.25, 0.3) is 0 Å². The van der Waals surface area contributed by atoms with Crippen LogP contribution < -0.4 is 5.32 Å². The molecule has 4 nitrogen and oxygen atoms in total. The van der Waals surface area contributed by atoms with Gasteiger partial charge in [-0.1, -0.05) is 18.6 Å². The summed E-state index contributed by atoms with van der Waals surface area (Å²) in [7, 11) is 0. The predicted molar refractivity (Wildman–Crippen MR) is 86.8 cm³/mol. The van der Waals surface area contributed by atoms with Gasteiger partial charge in [-0.15, -0.1) is 0 Å². The molecule has 1 fully saturated rings. The van der Waals surface area contributed by atoms with Crippen LogP contribution in [0.15, 0.2) is 24.3 Å². The Labute approximate surface area is 137 Å². The zero-order valence-electron chi connectivity index (χ0n) is 13.9. The maximum absolute atomic E-state index is 13.1. The lowest BCUT2D eigenvalue weighted by atomic mass is 9.64. The highest BCUT2D eigenvalue weighted by Gasteiger charge is 2.39. The smallest absolute Gasteiger partial charge is 0.248 e. The van der Waals surface area contributed by atoms with Gasteiger partial charge in [0.1, 0.15) is 11.9 Å². The van der Waals surface area contributed by atoms with Crippen molar-refractivity contribution in [1.82, 2.24) is 5.32 Å². The lowest BCUT2D eigenvalue weighted by Crippen LogP contribution is -2.48. The van der Waals surface area contributed by atoms with Crippen LogP contribution in [0.2, 0.25) is 0 Å². The van der Waals surface area contributed by atoms with Gasteiger partial charge in [0.15, 0.2) is 0 Å². The number of hydrogen-bond acceptors (Lipinski definition) is 3. The summed E-state index contributed by atoms with van der Waals surface area (Å²) in [5.41, 5.74) is 1.03. The maximum Gasteiger partial charge on any atom is 0.248 e. The molecule has 2 rings (SSSR count). The van der Waals surface area contributed by atoms with Crippen LogP contribution >= 0.6 is 0 Å². The first-order chi connectivity index (χ1) is 11.1. The SMILES string of the molecule is CCOCCO[C@@H](C)C(=O)NCC1(c2ccc(F)cc2)CCC1. The molecule has 1 atom stereocenters. The summed E-state index contributed by atoms with van der Waals surface area (Å²) in [4.78, 5) is 12.1. The Hall–Kier alpha value is -1.46. The summed E-state index contributed by atoms with van der Waals surface area (Å²) in [5.74, 6) is -0.349. The van der Waals surface area contributed by atoms with Crippen molar-refractivity contribution in [3.05, 3.63) is 35.6 Å². The van der Waals surface area contributed by atoms with E-state index in [1.54, 1.807) is 6.92 Å². The quantitative estimate of drug-likeness (QED) is 0.711. The van der Waals surface area contributed by atoms with Crippen molar-refractivity contribution in [2.75, 3.05) is 26.4 Å². The number of carbonyl (C=O) groups is 1. The van der Waals surface area contributed by atoms with Crippen molar-refractivity contribution in [1.29, 1.82) is 0 Å². The average Bonchev–Trinajstić information content (AvgIpc) is 2.51. The third-order valence-electron chi connectivity index (χ3n) is 4.54. The van der Waals surface area contributed by atoms with Gasteiger partial charge < -0.3 is 14.8 Å². The van der Waals surface area contributed by atoms with Crippen LogP contribution in [0.5, 0.6) is 0 Å². The standard InChI is InChI=1S/C18H26FNO3/c1-3-22-11-12-23-14(2)17(21)20-13-18(9-4-10-18)15-5-7-16(19)8-6-15/h5-8,14H,3-4,9-13H2,1-2H3,(H,20,21)/t14-/m0/s1. The zero-order valence-corrected chi connectivity index (χ0v) is 13.9. The highest BCUT2D eigenvalue weighted by molar-refractivity contribution is 5.80. The van der Waals surface area contributed by atoms with E-state index in [1.165, 1.54) is 12.1 Å². The van der Waals surface area contributed by atoms with Gasteiger partial charge in [0.2, 0.25) is 5.91 Å². The molecule has 1 N–H and O–H groups in total. The highest BCUT2D eigenvalue weighted by Crippen LogP contribution is 2.43. The Morgan fingerprint density at radius 1 is 1.30 bits per heavy atom. The predicted octanol–water partition coefficient (Wildman–Crippen LogP) is 2.81. The Morgan fingerprint density at radius 2 is 2.00 bits per heavy atom. The largest absolute Gasteiger partial charge is 0.379 e. The van der Waals surface area contributed by atoms with Gasteiger partial charge >= 0.3 is 0 Å². The molecule has 1 amide bonds. The van der Waals surface area contributed by atoms with E-state index in [1.807, 2.05) is 19.1 Å². The zero-order chi connectivity index (χ0) is 16.7. The van der Waals surface area contributed by atoms with E-state index >= 15 is 0 Å². The fourth-order valence-electron chi connectivity index (χ4n) is 2.88. The number of nitrogens with one attached hydrogen (secondary N) is 1. The number of rotatable bonds is 9. The summed E-state index contributed by atoms with van der Waals surface area (Å²) in [6.07, 6.45) is 2.66. The topological polar surface area (TPSA) is 47.6 Å². The van der Waals surface area contributed by atoms with E-state index in [9.17, 15) is 9.18 Å². The van der Waals surface area contributed by atoms with Crippen molar-refractivity contribution in [2.45, 2.75) is 44.6 Å². The Morgan fingerprint density at radius 3 is 2.57 bits per heavy atom. The molecular formula is C18H26FNO3. The number of hydrogen-bond donors (Lipinski definition) is 1. The molecule has 0 unspecified atom stereocenters. The van der Waals surface area contributed by atoms with Crippen LogP contribution in [0.3, 0.4) is 0 Å². The van der Waals surface area contributed by atoms with Crippen LogP contribution in [0.25, 0.3) is 0 Å². The Kier molecular flexibility index (Phi) is 6.54. The first kappa shape index (κ1) is 17.9. The third-order valence-corrected chi connectivity index (χ3v) is 4.54. The lowest BCUT2D eigenvalue weighted by molar-refractivity contribution is -0.133. The van der Waals surface area contributed by atoms with Crippen LogP contribution in [0.4, 0.5) is 4.39 Å². The number of halogens is 1. The fourth-order valence-corrected chi connectivity index (χ4v) is 2.88. The second-order valence-corrected chi connectivity index (χ2v) is 6.07. The van der Waals surface area contributed by atoms with Crippen molar-refractivity contribution in [3.8, 4) is 0 Å². The number of amides is 1. The molecule has 0 saturated heterocycles. The molecule has 0 spiro atoms. The van der Waals surface area contributed by atoms with Crippen molar-refractivity contribution in [2.24, 2.45) is 0 Å². The van der Waals surface area contributed by atoms with Crippen molar-refractivity contribution < 1.29 is 18.7 Å². The van der Waals surface area contributed by atoms with Gasteiger partial charge in [-0.3, -0.25) is 4.79 Å². The van der Waals surface area contributed by atoms with Gasteiger partial charge in [-0.05, 0) is 44.4 Å². The van der Waals surface area contributed by atoms with Crippen LogP contribution in [0.1, 0.15) is 38.7 Å². The second-order valence-electron chi connectivity index (χ2n) is 6.07. The first-order valence-corrected chi connectivity index (χ1v) is 8.30. The monoisotopic (exact) mass is 323 g/mol. The molecule has 5 heteroatoms. The van der Waals surface area contributed by atoms with Crippen LogP contribution in [0, 0.1) is 5.82 Å². The Balaban J connectivity index is 1.83. The van der Waals surface area contributed by atoms with Crippen LogP contribution in [-0.4, -0.2) is 38.4 Å². The summed E-state index contributed by atoms with van der Waals surface area (Å²) in [6.45, 7) is 5.77. The van der Waals surface area contributed by atoms with Crippen molar-refractivity contribution >= 4 is 5.91 Å². The molecule has 1 aliphatic rings. The molecule has 128 valence electrons. The molecule has 1 aromatic rings. The summed E-state index contributed by atoms with van der Waals surface area (Å²) >= 11 is 0. The molecule has 0 aromatic heterocycles. The van der Waals surface area contributed by atoms with Crippen molar-refractivity contribution in [3.63, 3.8) is 0 Å². The summed E-state index contributed by atoms with van der Waals surface area (Å²) in [6, 6.07) is 6.61. The van der Waals surface area contributed by atoms with E-state index in [0.29, 0.717) is 26.4 Å². The normalized spacial score (nSPS) is 17.3. The fraction of sp³-hybridized carbons (Fsp3) is 0.611. The van der Waals surface area contributed by atoms with E-state index in [0.717, 1.165) is 24.8 Å². The molecule has 1 aromatic carbocycles. The number of benzene rings is 1. The van der Waals surface area contributed by atoms with E-state index in [-0.39, 0.29) is 17.1 Å². The minimum absolute atomic E-state index is 0.0611. The van der Waals surface area contributed by atoms with Gasteiger partial charge in [-0.2, -0.15) is 0 Å². The Bertz CT molecular complexity index is 499. The van der Waals surface area contributed by atoms with E-state index in [2.05, 4.69) is 5.32 Å². The van der Waals surface area contributed by atoms with Crippen LogP contribution in [-0.2, 0) is 19.7 Å². The molecule has 0 radical (unpaired) electrons. The maximum atomic E-state index is 13.1. The minimum Gasteiger partial charge on any atom is -0.379 e. The molecule has 0 heterocycles. The average molecular weight is 323 g/mol. The molecular weight excluding hydrogens is 297 g/mol. The summed E-state index contributed by atoms with van der Waals surface area (Å²) in [5, 5.41) is 2.98. The van der Waals surface area contributed by atoms with Gasteiger partial charge in [0.05, 0.1) is 13.2 Å². The number of carbonyl (C=O) groups excluding carboxylic acids is 1. The minimum atomic E-state index is -0.499. The first-order valence-electron chi connectivity index (χ1n) is 8.30. The molecule has 1 saturated carbocycles. The van der Waals surface area contributed by atoms with Gasteiger partial charge in [-0.25, -0.2) is 4.39 Å². The van der Waals surface area contributed by atoms with Gasteiger partial charge in [0, 0.05) is 18.6 Å². The lowest BCUT2D eigenvalue weighted by Gasteiger charge is -2.42. The molecule has 0 bridgehead atoms. The second kappa shape index (κ2) is 8.41. The molecule has 1 aliphatic carbocycles. The van der Waals surface area contributed by atoms with E-state index in [4.69, 9.17) is 9.47 Å². The summed E-state index contributed by atoms with van der Waals surface area (Å²) < 4.78 is 23.7. The van der Waals surface area contributed by atoms with E-state index < -0.39 is 6.10 Å². The number of ether oxygens (including phenoxy) is 2. The highest BCUT2D eigenvalue weighted by atomic mass is 19.1. The molecule has 23 heavy (non-hydrogen) atoms. The third kappa shape index (κ3) is 4.75.